The van der Waals surface area contributed by atoms with Crippen LogP contribution in [0.4, 0.5) is 0 Å². The van der Waals surface area contributed by atoms with Crippen LogP contribution in [-0.2, 0) is 6.54 Å². The quantitative estimate of drug-likeness (QED) is 0.724. The van der Waals surface area contributed by atoms with Gasteiger partial charge in [0, 0.05) is 24.5 Å². The Labute approximate surface area is 74.5 Å². The summed E-state index contributed by atoms with van der Waals surface area (Å²) in [5, 5.41) is 7.44. The summed E-state index contributed by atoms with van der Waals surface area (Å²) >= 11 is 0. The molecule has 2 aromatic rings. The number of nitrogens with zero attached hydrogens (tertiary/aromatic N) is 3. The first kappa shape index (κ1) is 7.88. The first-order valence-electron chi connectivity index (χ1n) is 3.83. The topological polar surface area (TPSA) is 77.8 Å². The zero-order valence-corrected chi connectivity index (χ0v) is 6.84. The second kappa shape index (κ2) is 3.32. The summed E-state index contributed by atoms with van der Waals surface area (Å²) in [5.74, 6) is 0. The van der Waals surface area contributed by atoms with E-state index in [1.54, 1.807) is 12.4 Å². The zero-order chi connectivity index (χ0) is 9.10. The van der Waals surface area contributed by atoms with E-state index in [-0.39, 0.29) is 0 Å². The summed E-state index contributed by atoms with van der Waals surface area (Å²) in [6.45, 7) is 0.321. The first-order valence-corrected chi connectivity index (χ1v) is 3.83. The maximum absolute atomic E-state index is 5.45. The molecule has 13 heavy (non-hydrogen) atoms. The molecule has 0 unspecified atom stereocenters. The minimum absolute atomic E-state index is 0.321. The van der Waals surface area contributed by atoms with Gasteiger partial charge in [-0.25, -0.2) is 4.63 Å². The van der Waals surface area contributed by atoms with Crippen molar-refractivity contribution in [1.82, 2.24) is 15.3 Å². The SMILES string of the molecule is NCc1nonc1-c1ccncc1. The Morgan fingerprint density at radius 1 is 1.23 bits per heavy atom. The Kier molecular flexibility index (Phi) is 2.01. The number of pyridine rings is 1. The predicted molar refractivity (Wildman–Crippen MR) is 45.4 cm³/mol. The highest BCUT2D eigenvalue weighted by molar-refractivity contribution is 5.59. The number of rotatable bonds is 2. The Balaban J connectivity index is 2.47. The van der Waals surface area contributed by atoms with Gasteiger partial charge in [0.2, 0.25) is 0 Å². The van der Waals surface area contributed by atoms with Crippen LogP contribution in [-0.4, -0.2) is 15.3 Å². The van der Waals surface area contributed by atoms with Gasteiger partial charge in [0.05, 0.1) is 0 Å². The van der Waals surface area contributed by atoms with Gasteiger partial charge >= 0.3 is 0 Å². The van der Waals surface area contributed by atoms with Crippen molar-refractivity contribution in [3.8, 4) is 11.3 Å². The Bertz CT molecular complexity index is 384. The molecule has 0 aromatic carbocycles. The van der Waals surface area contributed by atoms with Crippen LogP contribution in [0.5, 0.6) is 0 Å². The molecule has 0 aliphatic heterocycles. The monoisotopic (exact) mass is 176 g/mol. The van der Waals surface area contributed by atoms with Gasteiger partial charge < -0.3 is 5.73 Å². The third-order valence-electron chi connectivity index (χ3n) is 1.70. The first-order chi connectivity index (χ1) is 6.42. The lowest BCUT2D eigenvalue weighted by atomic mass is 10.1. The molecule has 2 N–H and O–H groups in total. The highest BCUT2D eigenvalue weighted by Gasteiger charge is 2.09. The van der Waals surface area contributed by atoms with Crippen molar-refractivity contribution in [3.63, 3.8) is 0 Å². The molecule has 0 radical (unpaired) electrons. The van der Waals surface area contributed by atoms with Crippen LogP contribution in [0.15, 0.2) is 29.2 Å². The van der Waals surface area contributed by atoms with Crippen LogP contribution < -0.4 is 5.73 Å². The van der Waals surface area contributed by atoms with Crippen molar-refractivity contribution in [1.29, 1.82) is 0 Å². The average Bonchev–Trinajstić information content (AvgIpc) is 2.67. The van der Waals surface area contributed by atoms with Crippen LogP contribution in [0.2, 0.25) is 0 Å². The molecular weight excluding hydrogens is 168 g/mol. The van der Waals surface area contributed by atoms with Gasteiger partial charge in [0.25, 0.3) is 0 Å². The van der Waals surface area contributed by atoms with Crippen molar-refractivity contribution in [3.05, 3.63) is 30.2 Å². The van der Waals surface area contributed by atoms with Crippen molar-refractivity contribution in [2.24, 2.45) is 5.73 Å². The summed E-state index contributed by atoms with van der Waals surface area (Å²) in [4.78, 5) is 3.90. The van der Waals surface area contributed by atoms with E-state index in [2.05, 4.69) is 19.9 Å². The van der Waals surface area contributed by atoms with Crippen LogP contribution in [0.3, 0.4) is 0 Å². The molecule has 2 aromatic heterocycles. The molecule has 0 spiro atoms. The summed E-state index contributed by atoms with van der Waals surface area (Å²) in [5.41, 5.74) is 7.71. The van der Waals surface area contributed by atoms with E-state index in [0.717, 1.165) is 5.56 Å². The number of hydrogen-bond acceptors (Lipinski definition) is 5. The maximum Gasteiger partial charge on any atom is 0.139 e. The summed E-state index contributed by atoms with van der Waals surface area (Å²) in [7, 11) is 0. The highest BCUT2D eigenvalue weighted by Crippen LogP contribution is 2.18. The lowest BCUT2D eigenvalue weighted by Crippen LogP contribution is -1.98. The van der Waals surface area contributed by atoms with Crippen LogP contribution in [0, 0.1) is 0 Å². The van der Waals surface area contributed by atoms with Gasteiger partial charge in [0.1, 0.15) is 11.4 Å². The van der Waals surface area contributed by atoms with Gasteiger partial charge in [0.15, 0.2) is 0 Å². The molecule has 2 rings (SSSR count). The molecule has 0 bridgehead atoms. The third kappa shape index (κ3) is 1.41. The fourth-order valence-corrected chi connectivity index (χ4v) is 1.07. The minimum Gasteiger partial charge on any atom is -0.325 e. The molecule has 0 saturated carbocycles. The van der Waals surface area contributed by atoms with E-state index in [1.807, 2.05) is 12.1 Å². The van der Waals surface area contributed by atoms with Crippen molar-refractivity contribution in [2.75, 3.05) is 0 Å². The van der Waals surface area contributed by atoms with E-state index < -0.39 is 0 Å². The van der Waals surface area contributed by atoms with Gasteiger partial charge in [-0.2, -0.15) is 0 Å². The lowest BCUT2D eigenvalue weighted by molar-refractivity contribution is 0.304. The Hall–Kier alpha value is -1.75. The van der Waals surface area contributed by atoms with Crippen molar-refractivity contribution < 1.29 is 4.63 Å². The normalized spacial score (nSPS) is 10.2. The van der Waals surface area contributed by atoms with Crippen LogP contribution in [0.1, 0.15) is 5.69 Å². The number of aromatic nitrogens is 3. The van der Waals surface area contributed by atoms with Gasteiger partial charge in [-0.05, 0) is 17.3 Å². The van der Waals surface area contributed by atoms with E-state index in [9.17, 15) is 0 Å². The van der Waals surface area contributed by atoms with E-state index in [4.69, 9.17) is 5.73 Å². The molecule has 5 heteroatoms. The highest BCUT2D eigenvalue weighted by atomic mass is 16.6. The smallest absolute Gasteiger partial charge is 0.139 e. The molecular formula is C8H8N4O. The fourth-order valence-electron chi connectivity index (χ4n) is 1.07. The van der Waals surface area contributed by atoms with Crippen LogP contribution >= 0.6 is 0 Å². The Morgan fingerprint density at radius 2 is 2.00 bits per heavy atom. The maximum atomic E-state index is 5.45. The molecule has 0 aliphatic rings. The average molecular weight is 176 g/mol. The standard InChI is InChI=1S/C8H8N4O/c9-5-7-8(12-13-11-7)6-1-3-10-4-2-6/h1-4H,5,9H2. The summed E-state index contributed by atoms with van der Waals surface area (Å²) in [6, 6.07) is 3.66. The summed E-state index contributed by atoms with van der Waals surface area (Å²) in [6.07, 6.45) is 3.37. The van der Waals surface area contributed by atoms with E-state index in [0.29, 0.717) is 17.9 Å². The molecule has 0 aliphatic carbocycles. The van der Waals surface area contributed by atoms with Gasteiger partial charge in [-0.15, -0.1) is 0 Å². The molecule has 0 fully saturated rings. The number of hydrogen-bond donors (Lipinski definition) is 1. The van der Waals surface area contributed by atoms with Gasteiger partial charge in [-0.1, -0.05) is 5.16 Å². The summed E-state index contributed by atoms with van der Waals surface area (Å²) < 4.78 is 4.59. The van der Waals surface area contributed by atoms with E-state index in [1.165, 1.54) is 0 Å². The molecule has 0 atom stereocenters. The molecule has 66 valence electrons. The molecule has 0 amide bonds. The van der Waals surface area contributed by atoms with Crippen molar-refractivity contribution >= 4 is 0 Å². The predicted octanol–water partition coefficient (Wildman–Crippen LogP) is 0.590. The second-order valence-electron chi connectivity index (χ2n) is 2.50. The largest absolute Gasteiger partial charge is 0.325 e. The fraction of sp³-hybridized carbons (Fsp3) is 0.125. The van der Waals surface area contributed by atoms with E-state index >= 15 is 0 Å². The van der Waals surface area contributed by atoms with Crippen molar-refractivity contribution in [2.45, 2.75) is 6.54 Å². The molecule has 2 heterocycles. The zero-order valence-electron chi connectivity index (χ0n) is 6.84. The van der Waals surface area contributed by atoms with Crippen LogP contribution in [0.25, 0.3) is 11.3 Å². The molecule has 5 nitrogen and oxygen atoms in total. The number of nitrogens with two attached hydrogens (primary N) is 1. The minimum atomic E-state index is 0.321. The second-order valence-corrected chi connectivity index (χ2v) is 2.50. The third-order valence-corrected chi connectivity index (χ3v) is 1.70. The Morgan fingerprint density at radius 3 is 2.69 bits per heavy atom. The lowest BCUT2D eigenvalue weighted by Gasteiger charge is -1.94. The van der Waals surface area contributed by atoms with Gasteiger partial charge in [-0.3, -0.25) is 4.98 Å². The molecule has 0 saturated heterocycles.